The SMILES string of the molecule is CC(C)NCCCNS(=O)(=O)c1ccc([N+](=O)[O-])cc1F. The highest BCUT2D eigenvalue weighted by Crippen LogP contribution is 2.20. The molecule has 118 valence electrons. The van der Waals surface area contributed by atoms with Crippen LogP contribution in [0.2, 0.25) is 0 Å². The number of nitro benzene ring substituents is 1. The maximum atomic E-state index is 13.7. The molecule has 0 aliphatic rings. The number of rotatable bonds is 8. The summed E-state index contributed by atoms with van der Waals surface area (Å²) in [6, 6.07) is 2.74. The van der Waals surface area contributed by atoms with Crippen LogP contribution >= 0.6 is 0 Å². The Morgan fingerprint density at radius 3 is 2.52 bits per heavy atom. The van der Waals surface area contributed by atoms with E-state index in [1.807, 2.05) is 13.8 Å². The second-order valence-electron chi connectivity index (χ2n) is 4.73. The molecule has 0 heterocycles. The van der Waals surface area contributed by atoms with E-state index in [0.29, 0.717) is 25.1 Å². The fourth-order valence-electron chi connectivity index (χ4n) is 1.58. The van der Waals surface area contributed by atoms with Crippen LogP contribution in [0.4, 0.5) is 10.1 Å². The highest BCUT2D eigenvalue weighted by molar-refractivity contribution is 7.89. The predicted molar refractivity (Wildman–Crippen MR) is 76.0 cm³/mol. The van der Waals surface area contributed by atoms with Crippen molar-refractivity contribution in [3.63, 3.8) is 0 Å². The molecular weight excluding hydrogens is 301 g/mol. The van der Waals surface area contributed by atoms with Crippen LogP contribution in [0.25, 0.3) is 0 Å². The van der Waals surface area contributed by atoms with Gasteiger partial charge in [0, 0.05) is 18.7 Å². The molecule has 2 N–H and O–H groups in total. The number of benzene rings is 1. The van der Waals surface area contributed by atoms with Gasteiger partial charge in [0.15, 0.2) is 0 Å². The Hall–Kier alpha value is -1.58. The molecule has 0 atom stereocenters. The van der Waals surface area contributed by atoms with E-state index in [-0.39, 0.29) is 6.54 Å². The number of hydrogen-bond acceptors (Lipinski definition) is 5. The maximum absolute atomic E-state index is 13.7. The van der Waals surface area contributed by atoms with Gasteiger partial charge in [-0.05, 0) is 19.0 Å². The van der Waals surface area contributed by atoms with Gasteiger partial charge in [0.25, 0.3) is 5.69 Å². The van der Waals surface area contributed by atoms with E-state index in [0.717, 1.165) is 12.1 Å². The molecule has 21 heavy (non-hydrogen) atoms. The van der Waals surface area contributed by atoms with Crippen molar-refractivity contribution in [3.8, 4) is 0 Å². The standard InChI is InChI=1S/C12H18FN3O4S/c1-9(2)14-6-3-7-15-21(19,20)12-5-4-10(16(17)18)8-11(12)13/h4-5,8-9,14-15H,3,6-7H2,1-2H3. The first-order valence-corrected chi connectivity index (χ1v) is 7.89. The first-order chi connectivity index (χ1) is 9.74. The van der Waals surface area contributed by atoms with Crippen LogP contribution in [0.3, 0.4) is 0 Å². The van der Waals surface area contributed by atoms with Crippen molar-refractivity contribution >= 4 is 15.7 Å². The Kier molecular flexibility index (Phi) is 6.19. The first-order valence-electron chi connectivity index (χ1n) is 6.41. The summed E-state index contributed by atoms with van der Waals surface area (Å²) in [6.45, 7) is 4.72. The molecule has 0 fully saturated rings. The van der Waals surface area contributed by atoms with Crippen molar-refractivity contribution in [1.82, 2.24) is 10.0 Å². The number of nitrogens with zero attached hydrogens (tertiary/aromatic N) is 1. The molecule has 1 aromatic carbocycles. The molecule has 0 amide bonds. The molecule has 0 saturated heterocycles. The Morgan fingerprint density at radius 1 is 1.33 bits per heavy atom. The van der Waals surface area contributed by atoms with Crippen molar-refractivity contribution in [1.29, 1.82) is 0 Å². The van der Waals surface area contributed by atoms with E-state index in [4.69, 9.17) is 0 Å². The molecule has 0 radical (unpaired) electrons. The molecule has 0 aliphatic heterocycles. The van der Waals surface area contributed by atoms with E-state index >= 15 is 0 Å². The van der Waals surface area contributed by atoms with Gasteiger partial charge in [-0.3, -0.25) is 10.1 Å². The summed E-state index contributed by atoms with van der Waals surface area (Å²) in [5, 5.41) is 13.6. The lowest BCUT2D eigenvalue weighted by Crippen LogP contribution is -2.30. The summed E-state index contributed by atoms with van der Waals surface area (Å²) < 4.78 is 39.7. The molecule has 9 heteroatoms. The van der Waals surface area contributed by atoms with E-state index in [9.17, 15) is 22.9 Å². The van der Waals surface area contributed by atoms with Gasteiger partial charge in [-0.2, -0.15) is 0 Å². The average Bonchev–Trinajstić information content (AvgIpc) is 2.37. The zero-order valence-corrected chi connectivity index (χ0v) is 12.6. The molecule has 0 bridgehead atoms. The number of nitro groups is 1. The second-order valence-corrected chi connectivity index (χ2v) is 6.47. The maximum Gasteiger partial charge on any atom is 0.272 e. The third kappa shape index (κ3) is 5.37. The van der Waals surface area contributed by atoms with Crippen molar-refractivity contribution in [2.45, 2.75) is 31.2 Å². The van der Waals surface area contributed by atoms with E-state index in [2.05, 4.69) is 10.0 Å². The number of nitrogens with one attached hydrogen (secondary N) is 2. The van der Waals surface area contributed by atoms with Crippen LogP contribution in [0.5, 0.6) is 0 Å². The molecule has 1 rings (SSSR count). The Morgan fingerprint density at radius 2 is 2.00 bits per heavy atom. The van der Waals surface area contributed by atoms with E-state index in [1.54, 1.807) is 0 Å². The molecule has 0 saturated carbocycles. The average molecular weight is 319 g/mol. The van der Waals surface area contributed by atoms with Gasteiger partial charge in [-0.15, -0.1) is 0 Å². The summed E-state index contributed by atoms with van der Waals surface area (Å²) >= 11 is 0. The van der Waals surface area contributed by atoms with Crippen LogP contribution in [0.15, 0.2) is 23.1 Å². The fraction of sp³-hybridized carbons (Fsp3) is 0.500. The van der Waals surface area contributed by atoms with Crippen LogP contribution in [-0.2, 0) is 10.0 Å². The molecule has 0 aliphatic carbocycles. The summed E-state index contributed by atoms with van der Waals surface area (Å²) in [5.41, 5.74) is -0.493. The predicted octanol–water partition coefficient (Wildman–Crippen LogP) is 1.40. The number of sulfonamides is 1. The van der Waals surface area contributed by atoms with E-state index < -0.39 is 31.3 Å². The van der Waals surface area contributed by atoms with Crippen LogP contribution < -0.4 is 10.0 Å². The normalized spacial score (nSPS) is 11.8. The number of non-ortho nitro benzene ring substituents is 1. The summed E-state index contributed by atoms with van der Waals surface area (Å²) in [7, 11) is -4.01. The van der Waals surface area contributed by atoms with Gasteiger partial charge in [0.05, 0.1) is 11.0 Å². The summed E-state index contributed by atoms with van der Waals surface area (Å²) in [4.78, 5) is 9.10. The van der Waals surface area contributed by atoms with Gasteiger partial charge in [0.1, 0.15) is 10.7 Å². The highest BCUT2D eigenvalue weighted by atomic mass is 32.2. The van der Waals surface area contributed by atoms with Crippen LogP contribution in [0.1, 0.15) is 20.3 Å². The van der Waals surface area contributed by atoms with Crippen molar-refractivity contribution in [2.75, 3.05) is 13.1 Å². The molecule has 0 aromatic heterocycles. The van der Waals surface area contributed by atoms with Gasteiger partial charge in [0.2, 0.25) is 10.0 Å². The van der Waals surface area contributed by atoms with Gasteiger partial charge in [-0.25, -0.2) is 17.5 Å². The smallest absolute Gasteiger partial charge is 0.272 e. The molecule has 7 nitrogen and oxygen atoms in total. The number of hydrogen-bond donors (Lipinski definition) is 2. The lowest BCUT2D eigenvalue weighted by Gasteiger charge is -2.09. The quantitative estimate of drug-likeness (QED) is 0.428. The van der Waals surface area contributed by atoms with Gasteiger partial charge in [-0.1, -0.05) is 13.8 Å². The topological polar surface area (TPSA) is 101 Å². The lowest BCUT2D eigenvalue weighted by atomic mass is 10.3. The first kappa shape index (κ1) is 17.5. The zero-order chi connectivity index (χ0) is 16.0. The summed E-state index contributed by atoms with van der Waals surface area (Å²) in [6.07, 6.45) is 0.548. The third-order valence-corrected chi connectivity index (χ3v) is 4.11. The van der Waals surface area contributed by atoms with Crippen molar-refractivity contribution in [3.05, 3.63) is 34.1 Å². The Bertz CT molecular complexity index is 605. The minimum Gasteiger partial charge on any atom is -0.314 e. The minimum atomic E-state index is -4.01. The van der Waals surface area contributed by atoms with Crippen molar-refractivity contribution < 1.29 is 17.7 Å². The Balaban J connectivity index is 2.68. The fourth-order valence-corrected chi connectivity index (χ4v) is 2.72. The molecule has 0 spiro atoms. The van der Waals surface area contributed by atoms with Crippen LogP contribution in [-0.4, -0.2) is 32.5 Å². The minimum absolute atomic E-state index is 0.151. The molecular formula is C12H18FN3O4S. The lowest BCUT2D eigenvalue weighted by molar-refractivity contribution is -0.385. The largest absolute Gasteiger partial charge is 0.314 e. The number of halogens is 1. The van der Waals surface area contributed by atoms with Crippen LogP contribution in [0, 0.1) is 15.9 Å². The van der Waals surface area contributed by atoms with Crippen molar-refractivity contribution in [2.24, 2.45) is 0 Å². The van der Waals surface area contributed by atoms with E-state index in [1.165, 1.54) is 0 Å². The highest BCUT2D eigenvalue weighted by Gasteiger charge is 2.21. The molecule has 0 unspecified atom stereocenters. The Labute approximate surface area is 122 Å². The second kappa shape index (κ2) is 7.43. The summed E-state index contributed by atoms with van der Waals surface area (Å²) in [5.74, 6) is -1.14. The molecule has 1 aromatic rings. The zero-order valence-electron chi connectivity index (χ0n) is 11.8. The van der Waals surface area contributed by atoms with Gasteiger partial charge >= 0.3 is 0 Å². The van der Waals surface area contributed by atoms with Gasteiger partial charge < -0.3 is 5.32 Å². The monoisotopic (exact) mass is 319 g/mol. The third-order valence-electron chi connectivity index (χ3n) is 2.61.